The summed E-state index contributed by atoms with van der Waals surface area (Å²) in [6.07, 6.45) is 0. The first-order valence-electron chi connectivity index (χ1n) is 8.45. The molecule has 1 heterocycles. The lowest BCUT2D eigenvalue weighted by molar-refractivity contribution is 0.0697. The van der Waals surface area contributed by atoms with Crippen LogP contribution in [0.2, 0.25) is 0 Å². The molecule has 1 aliphatic heterocycles. The van der Waals surface area contributed by atoms with Gasteiger partial charge in [0.2, 0.25) is 10.0 Å². The van der Waals surface area contributed by atoms with Crippen molar-refractivity contribution in [3.63, 3.8) is 0 Å². The van der Waals surface area contributed by atoms with Gasteiger partial charge in [0.1, 0.15) is 5.82 Å². The molecule has 1 amide bonds. The highest BCUT2D eigenvalue weighted by Gasteiger charge is 2.30. The minimum Gasteiger partial charge on any atom is -0.336 e. The average molecular weight is 390 g/mol. The second-order valence-electron chi connectivity index (χ2n) is 6.29. The van der Waals surface area contributed by atoms with Crippen LogP contribution in [0.25, 0.3) is 0 Å². The van der Waals surface area contributed by atoms with Crippen LogP contribution >= 0.6 is 0 Å². The van der Waals surface area contributed by atoms with Crippen LogP contribution in [-0.4, -0.2) is 55.5 Å². The Hall–Kier alpha value is -2.58. The van der Waals surface area contributed by atoms with Crippen LogP contribution in [0.1, 0.15) is 27.6 Å². The van der Waals surface area contributed by atoms with E-state index in [1.54, 1.807) is 11.0 Å². The van der Waals surface area contributed by atoms with Crippen LogP contribution in [0.3, 0.4) is 0 Å². The Morgan fingerprint density at radius 2 is 1.56 bits per heavy atom. The van der Waals surface area contributed by atoms with Crippen molar-refractivity contribution in [2.24, 2.45) is 0 Å². The minimum absolute atomic E-state index is 0.0634. The maximum atomic E-state index is 13.0. The number of benzene rings is 2. The van der Waals surface area contributed by atoms with Crippen molar-refractivity contribution in [3.05, 3.63) is 65.5 Å². The molecule has 0 atom stereocenters. The van der Waals surface area contributed by atoms with Crippen molar-refractivity contribution >= 4 is 21.7 Å². The summed E-state index contributed by atoms with van der Waals surface area (Å²) in [5.41, 5.74) is 0.697. The Balaban J connectivity index is 1.71. The summed E-state index contributed by atoms with van der Waals surface area (Å²) in [5, 5.41) is 0. The van der Waals surface area contributed by atoms with Gasteiger partial charge in [0.05, 0.1) is 4.90 Å². The monoisotopic (exact) mass is 390 g/mol. The predicted molar refractivity (Wildman–Crippen MR) is 97.5 cm³/mol. The molecule has 8 heteroatoms. The SMILES string of the molecule is CC(=O)c1cccc(S(=O)(=O)N2CCN(C(=O)c3ccc(F)cc3)CC2)c1. The molecule has 27 heavy (non-hydrogen) atoms. The molecule has 0 N–H and O–H groups in total. The highest BCUT2D eigenvalue weighted by Crippen LogP contribution is 2.20. The molecule has 0 unspecified atom stereocenters. The number of halogens is 1. The zero-order chi connectivity index (χ0) is 19.6. The molecule has 3 rings (SSSR count). The van der Waals surface area contributed by atoms with Crippen molar-refractivity contribution in [1.82, 2.24) is 9.21 Å². The van der Waals surface area contributed by atoms with Crippen LogP contribution in [0.4, 0.5) is 4.39 Å². The zero-order valence-electron chi connectivity index (χ0n) is 14.8. The predicted octanol–water partition coefficient (Wildman–Crippen LogP) is 2.17. The molecule has 0 aromatic heterocycles. The Labute approximate surface area is 157 Å². The molecule has 0 radical (unpaired) electrons. The quantitative estimate of drug-likeness (QED) is 0.750. The lowest BCUT2D eigenvalue weighted by Crippen LogP contribution is -2.50. The lowest BCUT2D eigenvalue weighted by atomic mass is 10.2. The Morgan fingerprint density at radius 1 is 0.926 bits per heavy atom. The van der Waals surface area contributed by atoms with Gasteiger partial charge >= 0.3 is 0 Å². The molecule has 1 fully saturated rings. The molecule has 2 aromatic rings. The van der Waals surface area contributed by atoms with E-state index in [1.165, 1.54) is 53.7 Å². The Morgan fingerprint density at radius 3 is 2.15 bits per heavy atom. The second-order valence-corrected chi connectivity index (χ2v) is 8.23. The first kappa shape index (κ1) is 19.2. The largest absolute Gasteiger partial charge is 0.336 e. The van der Waals surface area contributed by atoms with Gasteiger partial charge in [-0.25, -0.2) is 12.8 Å². The molecule has 2 aromatic carbocycles. The van der Waals surface area contributed by atoms with E-state index in [2.05, 4.69) is 0 Å². The fraction of sp³-hybridized carbons (Fsp3) is 0.263. The number of Topliss-reactive ketones (excluding diaryl/α,β-unsaturated/α-hetero) is 1. The number of nitrogens with zero attached hydrogens (tertiary/aromatic N) is 2. The zero-order valence-corrected chi connectivity index (χ0v) is 15.6. The first-order valence-corrected chi connectivity index (χ1v) is 9.89. The number of rotatable bonds is 4. The standard InChI is InChI=1S/C19H19FN2O4S/c1-14(23)16-3-2-4-18(13-16)27(25,26)22-11-9-21(10-12-22)19(24)15-5-7-17(20)8-6-15/h2-8,13H,9-12H2,1H3. The summed E-state index contributed by atoms with van der Waals surface area (Å²) >= 11 is 0. The van der Waals surface area contributed by atoms with Crippen molar-refractivity contribution in [3.8, 4) is 0 Å². The van der Waals surface area contributed by atoms with Crippen molar-refractivity contribution < 1.29 is 22.4 Å². The summed E-state index contributed by atoms with van der Waals surface area (Å²) in [6.45, 7) is 2.16. The molecule has 0 saturated carbocycles. The minimum atomic E-state index is -3.74. The number of ketones is 1. The fourth-order valence-electron chi connectivity index (χ4n) is 2.93. The summed E-state index contributed by atoms with van der Waals surface area (Å²) in [4.78, 5) is 25.6. The van der Waals surface area contributed by atoms with Gasteiger partial charge in [0.15, 0.2) is 5.78 Å². The maximum absolute atomic E-state index is 13.0. The van der Waals surface area contributed by atoms with E-state index in [1.807, 2.05) is 0 Å². The van der Waals surface area contributed by atoms with E-state index in [0.29, 0.717) is 11.1 Å². The number of carbonyl (C=O) groups is 2. The van der Waals surface area contributed by atoms with E-state index in [4.69, 9.17) is 0 Å². The lowest BCUT2D eigenvalue weighted by Gasteiger charge is -2.34. The van der Waals surface area contributed by atoms with Crippen molar-refractivity contribution in [2.45, 2.75) is 11.8 Å². The molecule has 1 saturated heterocycles. The fourth-order valence-corrected chi connectivity index (χ4v) is 4.40. The van der Waals surface area contributed by atoms with Crippen LogP contribution < -0.4 is 0 Å². The first-order chi connectivity index (χ1) is 12.8. The summed E-state index contributed by atoms with van der Waals surface area (Å²) in [7, 11) is -3.74. The second kappa shape index (κ2) is 7.58. The van der Waals surface area contributed by atoms with E-state index < -0.39 is 15.8 Å². The average Bonchev–Trinajstić information content (AvgIpc) is 2.68. The van der Waals surface area contributed by atoms with Crippen molar-refractivity contribution in [2.75, 3.05) is 26.2 Å². The number of amides is 1. The molecule has 6 nitrogen and oxygen atoms in total. The van der Waals surface area contributed by atoms with Gasteiger partial charge in [-0.05, 0) is 43.3 Å². The molecule has 1 aliphatic rings. The van der Waals surface area contributed by atoms with E-state index in [9.17, 15) is 22.4 Å². The van der Waals surface area contributed by atoms with Crippen LogP contribution in [0.15, 0.2) is 53.4 Å². The Kier molecular flexibility index (Phi) is 5.38. The van der Waals surface area contributed by atoms with Crippen molar-refractivity contribution in [1.29, 1.82) is 0 Å². The highest BCUT2D eigenvalue weighted by atomic mass is 32.2. The third kappa shape index (κ3) is 4.06. The molecule has 0 aliphatic carbocycles. The number of hydrogen-bond acceptors (Lipinski definition) is 4. The molecule has 142 valence electrons. The van der Waals surface area contributed by atoms with Crippen LogP contribution in [0.5, 0.6) is 0 Å². The van der Waals surface area contributed by atoms with Gasteiger partial charge in [-0.15, -0.1) is 0 Å². The highest BCUT2D eigenvalue weighted by molar-refractivity contribution is 7.89. The van der Waals surface area contributed by atoms with Gasteiger partial charge in [-0.2, -0.15) is 4.31 Å². The van der Waals surface area contributed by atoms with Gasteiger partial charge < -0.3 is 4.90 Å². The number of piperazine rings is 1. The third-order valence-corrected chi connectivity index (χ3v) is 6.39. The van der Waals surface area contributed by atoms with Gasteiger partial charge in [-0.1, -0.05) is 12.1 Å². The molecular formula is C19H19FN2O4S. The van der Waals surface area contributed by atoms with Gasteiger partial charge in [0.25, 0.3) is 5.91 Å². The van der Waals surface area contributed by atoms with E-state index in [-0.39, 0.29) is 42.8 Å². The topological polar surface area (TPSA) is 74.8 Å². The van der Waals surface area contributed by atoms with Crippen LogP contribution in [-0.2, 0) is 10.0 Å². The summed E-state index contributed by atoms with van der Waals surface area (Å²) in [6, 6.07) is 11.2. The third-order valence-electron chi connectivity index (χ3n) is 4.50. The molecule has 0 bridgehead atoms. The van der Waals surface area contributed by atoms with Crippen LogP contribution in [0, 0.1) is 5.82 Å². The van der Waals surface area contributed by atoms with Gasteiger partial charge in [0, 0.05) is 37.3 Å². The normalized spacial score (nSPS) is 15.6. The summed E-state index contributed by atoms with van der Waals surface area (Å²) in [5.74, 6) is -0.886. The number of hydrogen-bond donors (Lipinski definition) is 0. The van der Waals surface area contributed by atoms with E-state index in [0.717, 1.165) is 0 Å². The maximum Gasteiger partial charge on any atom is 0.253 e. The van der Waals surface area contributed by atoms with E-state index >= 15 is 0 Å². The summed E-state index contributed by atoms with van der Waals surface area (Å²) < 4.78 is 39.9. The Bertz CT molecular complexity index is 965. The molecule has 0 spiro atoms. The number of carbonyl (C=O) groups excluding carboxylic acids is 2. The van der Waals surface area contributed by atoms with Gasteiger partial charge in [-0.3, -0.25) is 9.59 Å². The number of sulfonamides is 1. The molecular weight excluding hydrogens is 371 g/mol. The smallest absolute Gasteiger partial charge is 0.253 e.